The molecule has 3 heteroatoms. The maximum atomic E-state index is 13.2. The van der Waals surface area contributed by atoms with Crippen molar-refractivity contribution in [3.63, 3.8) is 0 Å². The Kier molecular flexibility index (Phi) is 9.46. The van der Waals surface area contributed by atoms with Crippen molar-refractivity contribution in [3.8, 4) is 6.07 Å². The first-order chi connectivity index (χ1) is 17.2. The van der Waals surface area contributed by atoms with Crippen LogP contribution >= 0.6 is 0 Å². The fraction of sp³-hybridized carbons (Fsp3) is 0.800. The summed E-state index contributed by atoms with van der Waals surface area (Å²) in [6.45, 7) is 28.8. The first kappa shape index (κ1) is 32.5. The standard InChI is InChI=1S/C35H57NO2/c1-13-16-30(4,5)18-20-33(10,14-2)21-19-31(6,7)35(12)17-15-27-32(8,9)29(38)26(24-36)23-34(27,11)28(35)22-25(3)37/h14,23,27-28H,2,13,15-22H2,1,3-12H3/t27?,28?,33-,34-,35+/m0/s1. The summed E-state index contributed by atoms with van der Waals surface area (Å²) in [7, 11) is 0. The SMILES string of the molecule is C=C[C@@](C)(CCC(C)(C)CCC)CCC(C)(C)[C@]1(C)CCC2C(C)(C)C(=O)C(C#N)=C[C@]2(C)C1CC(C)=O. The third-order valence-corrected chi connectivity index (χ3v) is 11.7. The molecule has 1 fully saturated rings. The molecule has 5 atom stereocenters. The van der Waals surface area contributed by atoms with E-state index in [2.05, 4.69) is 74.1 Å². The van der Waals surface area contributed by atoms with E-state index in [1.54, 1.807) is 6.92 Å². The van der Waals surface area contributed by atoms with Gasteiger partial charge >= 0.3 is 0 Å². The van der Waals surface area contributed by atoms with Crippen LogP contribution in [0.1, 0.15) is 134 Å². The third-order valence-electron chi connectivity index (χ3n) is 11.7. The molecule has 0 bridgehead atoms. The number of carbonyl (C=O) groups excluding carboxylic acids is 2. The van der Waals surface area contributed by atoms with Crippen molar-refractivity contribution >= 4 is 11.6 Å². The zero-order valence-electron chi connectivity index (χ0n) is 26.6. The third kappa shape index (κ3) is 6.05. The van der Waals surface area contributed by atoms with Crippen LogP contribution in [0, 0.1) is 55.7 Å². The van der Waals surface area contributed by atoms with Gasteiger partial charge in [0.05, 0.1) is 5.57 Å². The van der Waals surface area contributed by atoms with E-state index >= 15 is 0 Å². The van der Waals surface area contributed by atoms with Gasteiger partial charge in [0, 0.05) is 11.8 Å². The first-order valence-electron chi connectivity index (χ1n) is 15.1. The van der Waals surface area contributed by atoms with Crippen LogP contribution in [0.2, 0.25) is 0 Å². The number of nitrogens with zero attached hydrogens (tertiary/aromatic N) is 1. The zero-order chi connectivity index (χ0) is 29.4. The molecule has 0 saturated heterocycles. The number of nitriles is 1. The minimum absolute atomic E-state index is 0.0312. The van der Waals surface area contributed by atoms with Crippen molar-refractivity contribution in [2.24, 2.45) is 44.3 Å². The second kappa shape index (κ2) is 11.1. The second-order valence-electron chi connectivity index (χ2n) is 15.7. The van der Waals surface area contributed by atoms with E-state index in [1.807, 2.05) is 19.9 Å². The molecule has 2 unspecified atom stereocenters. The molecule has 0 amide bonds. The van der Waals surface area contributed by atoms with E-state index in [0.29, 0.717) is 11.8 Å². The Hall–Kier alpha value is -1.69. The van der Waals surface area contributed by atoms with Gasteiger partial charge in [0.2, 0.25) is 0 Å². The smallest absolute Gasteiger partial charge is 0.178 e. The molecule has 3 nitrogen and oxygen atoms in total. The van der Waals surface area contributed by atoms with E-state index in [9.17, 15) is 14.9 Å². The molecule has 1 saturated carbocycles. The van der Waals surface area contributed by atoms with Gasteiger partial charge in [0.15, 0.2) is 5.78 Å². The molecule has 0 heterocycles. The van der Waals surface area contributed by atoms with E-state index in [-0.39, 0.29) is 50.6 Å². The Morgan fingerprint density at radius 2 is 1.66 bits per heavy atom. The van der Waals surface area contributed by atoms with E-state index in [0.717, 1.165) is 32.1 Å². The van der Waals surface area contributed by atoms with Crippen LogP contribution in [-0.2, 0) is 9.59 Å². The predicted molar refractivity (Wildman–Crippen MR) is 159 cm³/mol. The summed E-state index contributed by atoms with van der Waals surface area (Å²) in [6, 6.07) is 2.21. The van der Waals surface area contributed by atoms with Crippen molar-refractivity contribution in [1.29, 1.82) is 5.26 Å². The number of Topliss-reactive ketones (excluding diaryl/α,β-unsaturated/α-hetero) is 2. The Bertz CT molecular complexity index is 992. The zero-order valence-corrected chi connectivity index (χ0v) is 26.6. The van der Waals surface area contributed by atoms with Crippen molar-refractivity contribution < 1.29 is 9.59 Å². The molecular weight excluding hydrogens is 466 g/mol. The molecule has 2 rings (SSSR count). The normalized spacial score (nSPS) is 31.0. The molecule has 0 N–H and O–H groups in total. The van der Waals surface area contributed by atoms with Gasteiger partial charge in [-0.05, 0) is 90.8 Å². The molecule has 0 aromatic heterocycles. The fourth-order valence-corrected chi connectivity index (χ4v) is 8.34. The quantitative estimate of drug-likeness (QED) is 0.239. The number of ketones is 2. The summed E-state index contributed by atoms with van der Waals surface area (Å²) in [5.41, 5.74) is -0.443. The summed E-state index contributed by atoms with van der Waals surface area (Å²) in [5, 5.41) is 9.88. The molecule has 2 aliphatic rings. The Labute approximate surface area is 234 Å². The molecule has 0 spiro atoms. The van der Waals surface area contributed by atoms with Gasteiger partial charge in [-0.2, -0.15) is 5.26 Å². The predicted octanol–water partition coefficient (Wildman–Crippen LogP) is 9.67. The van der Waals surface area contributed by atoms with Crippen LogP contribution in [0.5, 0.6) is 0 Å². The van der Waals surface area contributed by atoms with E-state index < -0.39 is 5.41 Å². The van der Waals surface area contributed by atoms with Crippen molar-refractivity contribution in [3.05, 3.63) is 24.3 Å². The van der Waals surface area contributed by atoms with E-state index in [4.69, 9.17) is 0 Å². The van der Waals surface area contributed by atoms with Crippen LogP contribution in [0.15, 0.2) is 24.3 Å². The summed E-state index contributed by atoms with van der Waals surface area (Å²) >= 11 is 0. The highest BCUT2D eigenvalue weighted by Crippen LogP contribution is 2.68. The highest BCUT2D eigenvalue weighted by atomic mass is 16.1. The summed E-state index contributed by atoms with van der Waals surface area (Å²) in [4.78, 5) is 26.0. The average Bonchev–Trinajstić information content (AvgIpc) is 2.81. The lowest BCUT2D eigenvalue weighted by atomic mass is 9.39. The van der Waals surface area contributed by atoms with Crippen LogP contribution < -0.4 is 0 Å². The lowest BCUT2D eigenvalue weighted by Crippen LogP contribution is -2.60. The summed E-state index contributed by atoms with van der Waals surface area (Å²) in [5.74, 6) is 0.330. The number of allylic oxidation sites excluding steroid dienone is 3. The lowest BCUT2D eigenvalue weighted by Gasteiger charge is -2.64. The number of carbonyl (C=O) groups is 2. The maximum Gasteiger partial charge on any atom is 0.178 e. The largest absolute Gasteiger partial charge is 0.300 e. The fourth-order valence-electron chi connectivity index (χ4n) is 8.34. The summed E-state index contributed by atoms with van der Waals surface area (Å²) in [6.07, 6.45) is 13.4. The van der Waals surface area contributed by atoms with Gasteiger partial charge in [-0.1, -0.05) is 87.8 Å². The second-order valence-corrected chi connectivity index (χ2v) is 15.7. The molecule has 0 aromatic rings. The van der Waals surface area contributed by atoms with Gasteiger partial charge in [-0.25, -0.2) is 0 Å². The average molecular weight is 524 g/mol. The van der Waals surface area contributed by atoms with Crippen LogP contribution in [-0.4, -0.2) is 11.6 Å². The lowest BCUT2D eigenvalue weighted by molar-refractivity contribution is -0.155. The van der Waals surface area contributed by atoms with Gasteiger partial charge in [0.25, 0.3) is 0 Å². The van der Waals surface area contributed by atoms with Gasteiger partial charge in [-0.3, -0.25) is 4.79 Å². The highest BCUT2D eigenvalue weighted by molar-refractivity contribution is 6.04. The summed E-state index contributed by atoms with van der Waals surface area (Å²) < 4.78 is 0. The van der Waals surface area contributed by atoms with Crippen molar-refractivity contribution in [2.45, 2.75) is 134 Å². The maximum absolute atomic E-state index is 13.2. The number of fused-ring (bicyclic) bond motifs is 1. The first-order valence-corrected chi connectivity index (χ1v) is 15.1. The van der Waals surface area contributed by atoms with Crippen molar-refractivity contribution in [1.82, 2.24) is 0 Å². The van der Waals surface area contributed by atoms with Crippen LogP contribution in [0.4, 0.5) is 0 Å². The molecule has 38 heavy (non-hydrogen) atoms. The van der Waals surface area contributed by atoms with E-state index in [1.165, 1.54) is 19.3 Å². The van der Waals surface area contributed by atoms with Crippen molar-refractivity contribution in [2.75, 3.05) is 0 Å². The number of hydrogen-bond acceptors (Lipinski definition) is 3. The molecule has 0 aliphatic heterocycles. The van der Waals surface area contributed by atoms with Gasteiger partial charge < -0.3 is 4.79 Å². The van der Waals surface area contributed by atoms with Crippen LogP contribution in [0.25, 0.3) is 0 Å². The Morgan fingerprint density at radius 1 is 1.08 bits per heavy atom. The monoisotopic (exact) mass is 523 g/mol. The van der Waals surface area contributed by atoms with Gasteiger partial charge in [-0.15, -0.1) is 6.58 Å². The Balaban J connectivity index is 2.45. The van der Waals surface area contributed by atoms with Crippen LogP contribution in [0.3, 0.4) is 0 Å². The number of hydrogen-bond donors (Lipinski definition) is 0. The number of rotatable bonds is 12. The topological polar surface area (TPSA) is 57.9 Å². The minimum atomic E-state index is -0.609. The van der Waals surface area contributed by atoms with Gasteiger partial charge in [0.1, 0.15) is 11.9 Å². The molecule has 214 valence electrons. The minimum Gasteiger partial charge on any atom is -0.300 e. The molecule has 2 aliphatic carbocycles. The highest BCUT2D eigenvalue weighted by Gasteiger charge is 2.63. The molecule has 0 radical (unpaired) electrons. The Morgan fingerprint density at radius 3 is 2.16 bits per heavy atom. The molecule has 0 aromatic carbocycles. The molecular formula is C35H57NO2.